The highest BCUT2D eigenvalue weighted by Gasteiger charge is 2.24. The van der Waals surface area contributed by atoms with E-state index in [0.717, 1.165) is 53.0 Å². The lowest BCUT2D eigenvalue weighted by molar-refractivity contribution is 0.0519. The number of esters is 1. The predicted molar refractivity (Wildman–Crippen MR) is 128 cm³/mol. The van der Waals surface area contributed by atoms with Gasteiger partial charge >= 0.3 is 5.97 Å². The zero-order chi connectivity index (χ0) is 22.5. The number of hydrogen-bond donors (Lipinski definition) is 0. The highest BCUT2D eigenvalue weighted by atomic mass is 35.5. The van der Waals surface area contributed by atoms with Gasteiger partial charge in [0.15, 0.2) is 5.69 Å². The van der Waals surface area contributed by atoms with Crippen molar-refractivity contribution >= 4 is 40.3 Å². The van der Waals surface area contributed by atoms with E-state index >= 15 is 0 Å². The van der Waals surface area contributed by atoms with Crippen LogP contribution < -0.4 is 4.74 Å². The first-order valence-corrected chi connectivity index (χ1v) is 11.3. The number of ether oxygens (including phenoxy) is 2. The highest BCUT2D eigenvalue weighted by molar-refractivity contribution is 6.33. The molecule has 1 heterocycles. The maximum atomic E-state index is 12.3. The minimum atomic E-state index is -0.519. The SMILES string of the molecule is CCOC(=O)c1nc(C2=C(c3cc(Cl)ccc3OCc3ccccc3)CCC2)ccc1Cl. The van der Waals surface area contributed by atoms with Gasteiger partial charge < -0.3 is 9.47 Å². The van der Waals surface area contributed by atoms with Gasteiger partial charge in [0.05, 0.1) is 17.3 Å². The van der Waals surface area contributed by atoms with Crippen molar-refractivity contribution in [1.29, 1.82) is 0 Å². The molecule has 2 aromatic carbocycles. The van der Waals surface area contributed by atoms with Crippen LogP contribution in [0, 0.1) is 0 Å². The van der Waals surface area contributed by atoms with Gasteiger partial charge in [-0.25, -0.2) is 9.78 Å². The zero-order valence-corrected chi connectivity index (χ0v) is 19.2. The van der Waals surface area contributed by atoms with Gasteiger partial charge in [0.25, 0.3) is 0 Å². The Bertz CT molecular complexity index is 1160. The lowest BCUT2D eigenvalue weighted by Gasteiger charge is -2.15. The van der Waals surface area contributed by atoms with Crippen LogP contribution in [0.4, 0.5) is 0 Å². The second kappa shape index (κ2) is 10.2. The van der Waals surface area contributed by atoms with Gasteiger partial charge in [-0.05, 0) is 73.2 Å². The Hall–Kier alpha value is -2.82. The van der Waals surface area contributed by atoms with E-state index in [9.17, 15) is 4.79 Å². The Balaban J connectivity index is 1.72. The van der Waals surface area contributed by atoms with Crippen LogP contribution in [0.1, 0.15) is 53.5 Å². The maximum Gasteiger partial charge on any atom is 0.358 e. The van der Waals surface area contributed by atoms with Crippen LogP contribution in [0.2, 0.25) is 10.0 Å². The summed E-state index contributed by atoms with van der Waals surface area (Å²) in [7, 11) is 0. The van der Waals surface area contributed by atoms with E-state index in [1.54, 1.807) is 13.0 Å². The summed E-state index contributed by atoms with van der Waals surface area (Å²) in [5.41, 5.74) is 5.09. The quantitative estimate of drug-likeness (QED) is 0.343. The van der Waals surface area contributed by atoms with Crippen LogP contribution in [0.25, 0.3) is 11.1 Å². The van der Waals surface area contributed by atoms with Crippen molar-refractivity contribution in [3.63, 3.8) is 0 Å². The Labute approximate surface area is 197 Å². The van der Waals surface area contributed by atoms with Crippen LogP contribution in [-0.2, 0) is 11.3 Å². The standard InChI is InChI=1S/C26H23Cl2NO3/c1-2-31-26(30)25-22(28)12-13-23(29-25)20-10-6-9-19(20)21-15-18(27)11-14-24(21)32-16-17-7-4-3-5-8-17/h3-5,7-8,11-15H,2,6,9-10,16H2,1H3. The topological polar surface area (TPSA) is 48.4 Å². The molecule has 164 valence electrons. The molecule has 0 atom stereocenters. The molecular formula is C26H23Cl2NO3. The Morgan fingerprint density at radius 3 is 2.56 bits per heavy atom. The van der Waals surface area contributed by atoms with Crippen LogP contribution in [0.15, 0.2) is 60.7 Å². The van der Waals surface area contributed by atoms with Crippen LogP contribution in [0.3, 0.4) is 0 Å². The number of carbonyl (C=O) groups is 1. The van der Waals surface area contributed by atoms with Crippen molar-refractivity contribution in [2.75, 3.05) is 6.61 Å². The molecule has 1 aliphatic rings. The Morgan fingerprint density at radius 2 is 1.78 bits per heavy atom. The number of nitrogens with zero attached hydrogens (tertiary/aromatic N) is 1. The predicted octanol–water partition coefficient (Wildman–Crippen LogP) is 7.24. The van der Waals surface area contributed by atoms with Gasteiger partial charge in [0.2, 0.25) is 0 Å². The maximum absolute atomic E-state index is 12.3. The second-order valence-corrected chi connectivity index (χ2v) is 8.32. The molecular weight excluding hydrogens is 445 g/mol. The molecule has 32 heavy (non-hydrogen) atoms. The van der Waals surface area contributed by atoms with Gasteiger partial charge in [0, 0.05) is 10.6 Å². The molecule has 0 N–H and O–H groups in total. The molecule has 0 saturated carbocycles. The van der Waals surface area contributed by atoms with Crippen molar-refractivity contribution in [1.82, 2.24) is 4.98 Å². The first kappa shape index (κ1) is 22.4. The number of aromatic nitrogens is 1. The summed E-state index contributed by atoms with van der Waals surface area (Å²) in [6.07, 6.45) is 2.70. The summed E-state index contributed by atoms with van der Waals surface area (Å²) in [5, 5.41) is 0.920. The normalized spacial score (nSPS) is 13.3. The molecule has 0 amide bonds. The van der Waals surface area contributed by atoms with Gasteiger partial charge in [-0.15, -0.1) is 0 Å². The van der Waals surface area contributed by atoms with Gasteiger partial charge in [0.1, 0.15) is 12.4 Å². The van der Waals surface area contributed by atoms with Crippen molar-refractivity contribution in [3.05, 3.63) is 93.2 Å². The Kier molecular flexibility index (Phi) is 7.13. The summed E-state index contributed by atoms with van der Waals surface area (Å²) in [5.74, 6) is 0.251. The fraction of sp³-hybridized carbons (Fsp3) is 0.231. The minimum Gasteiger partial charge on any atom is -0.488 e. The smallest absolute Gasteiger partial charge is 0.358 e. The van der Waals surface area contributed by atoms with Crippen molar-refractivity contribution in [2.45, 2.75) is 32.8 Å². The molecule has 0 radical (unpaired) electrons. The molecule has 0 fully saturated rings. The van der Waals surface area contributed by atoms with E-state index in [1.165, 1.54) is 0 Å². The number of pyridine rings is 1. The fourth-order valence-electron chi connectivity index (χ4n) is 3.88. The van der Waals surface area contributed by atoms with Crippen molar-refractivity contribution < 1.29 is 14.3 Å². The van der Waals surface area contributed by atoms with Gasteiger partial charge in [-0.1, -0.05) is 53.5 Å². The number of halogens is 2. The number of benzene rings is 2. The molecule has 0 unspecified atom stereocenters. The molecule has 0 bridgehead atoms. The van der Waals surface area contributed by atoms with Crippen LogP contribution in [0.5, 0.6) is 5.75 Å². The average molecular weight is 468 g/mol. The summed E-state index contributed by atoms with van der Waals surface area (Å²) < 4.78 is 11.3. The van der Waals surface area contributed by atoms with E-state index in [4.69, 9.17) is 32.7 Å². The lowest BCUT2D eigenvalue weighted by atomic mass is 9.98. The third-order valence-electron chi connectivity index (χ3n) is 5.35. The first-order chi connectivity index (χ1) is 15.6. The van der Waals surface area contributed by atoms with Crippen LogP contribution in [-0.4, -0.2) is 17.6 Å². The van der Waals surface area contributed by atoms with Gasteiger partial charge in [-0.3, -0.25) is 0 Å². The lowest BCUT2D eigenvalue weighted by Crippen LogP contribution is -2.09. The van der Waals surface area contributed by atoms with E-state index in [2.05, 4.69) is 4.98 Å². The minimum absolute atomic E-state index is 0.136. The second-order valence-electron chi connectivity index (χ2n) is 7.47. The molecule has 1 aliphatic carbocycles. The molecule has 0 saturated heterocycles. The number of allylic oxidation sites excluding steroid dienone is 2. The third-order valence-corrected chi connectivity index (χ3v) is 5.89. The molecule has 6 heteroatoms. The van der Waals surface area contributed by atoms with Crippen molar-refractivity contribution in [3.8, 4) is 5.75 Å². The van der Waals surface area contributed by atoms with Crippen LogP contribution >= 0.6 is 23.2 Å². The van der Waals surface area contributed by atoms with E-state index in [1.807, 2.05) is 54.6 Å². The molecule has 4 rings (SSSR count). The summed E-state index contributed by atoms with van der Waals surface area (Å²) >= 11 is 12.6. The number of carbonyl (C=O) groups excluding carboxylic acids is 1. The largest absolute Gasteiger partial charge is 0.488 e. The third kappa shape index (κ3) is 4.98. The van der Waals surface area contributed by atoms with E-state index in [0.29, 0.717) is 11.6 Å². The average Bonchev–Trinajstić information content (AvgIpc) is 3.29. The molecule has 0 aliphatic heterocycles. The van der Waals surface area contributed by atoms with Crippen molar-refractivity contribution in [2.24, 2.45) is 0 Å². The first-order valence-electron chi connectivity index (χ1n) is 10.6. The number of hydrogen-bond acceptors (Lipinski definition) is 4. The summed E-state index contributed by atoms with van der Waals surface area (Å²) in [4.78, 5) is 16.8. The van der Waals surface area contributed by atoms with E-state index in [-0.39, 0.29) is 17.3 Å². The molecule has 4 nitrogen and oxygen atoms in total. The van der Waals surface area contributed by atoms with Gasteiger partial charge in [-0.2, -0.15) is 0 Å². The summed E-state index contributed by atoms with van der Waals surface area (Å²) in [6, 6.07) is 19.3. The molecule has 1 aromatic heterocycles. The van der Waals surface area contributed by atoms with E-state index < -0.39 is 5.97 Å². The molecule has 0 spiro atoms. The summed E-state index contributed by atoms with van der Waals surface area (Å²) in [6.45, 7) is 2.48. The fourth-order valence-corrected chi connectivity index (χ4v) is 4.23. The molecule has 3 aromatic rings. The highest BCUT2D eigenvalue weighted by Crippen LogP contribution is 2.43. The Morgan fingerprint density at radius 1 is 1.00 bits per heavy atom. The monoisotopic (exact) mass is 467 g/mol. The number of rotatable bonds is 7. The zero-order valence-electron chi connectivity index (χ0n) is 17.7.